The van der Waals surface area contributed by atoms with Crippen molar-refractivity contribution < 1.29 is 9.59 Å². The molecule has 5 heteroatoms. The van der Waals surface area contributed by atoms with Gasteiger partial charge >= 0.3 is 0 Å². The second-order valence-corrected chi connectivity index (χ2v) is 8.74. The van der Waals surface area contributed by atoms with Crippen molar-refractivity contribution in [1.29, 1.82) is 0 Å². The number of benzene rings is 2. The van der Waals surface area contributed by atoms with E-state index < -0.39 is 0 Å². The first-order valence-electron chi connectivity index (χ1n) is 11.6. The van der Waals surface area contributed by atoms with E-state index in [4.69, 9.17) is 0 Å². The molecule has 2 aliphatic carbocycles. The third-order valence-electron chi connectivity index (χ3n) is 6.08. The van der Waals surface area contributed by atoms with E-state index in [2.05, 4.69) is 36.2 Å². The third-order valence-corrected chi connectivity index (χ3v) is 6.08. The van der Waals surface area contributed by atoms with E-state index in [1.165, 1.54) is 5.69 Å². The molecule has 0 saturated heterocycles. The Balaban J connectivity index is 1.42. The molecule has 2 aromatic carbocycles. The number of nitrogens with zero attached hydrogens (tertiary/aromatic N) is 2. The molecular formula is C26H33N3O2. The zero-order chi connectivity index (χ0) is 21.8. The fraction of sp³-hybridized carbons (Fsp3) is 0.462. The number of nitrogens with one attached hydrogen (secondary N) is 1. The molecule has 0 spiro atoms. The van der Waals surface area contributed by atoms with Gasteiger partial charge in [0.25, 0.3) is 11.8 Å². The maximum absolute atomic E-state index is 13.3. The van der Waals surface area contributed by atoms with E-state index in [0.29, 0.717) is 24.2 Å². The molecule has 4 rings (SSSR count). The van der Waals surface area contributed by atoms with Gasteiger partial charge in [-0.05, 0) is 81.0 Å². The Morgan fingerprint density at radius 2 is 1.55 bits per heavy atom. The van der Waals surface area contributed by atoms with Gasteiger partial charge in [0.05, 0.1) is 0 Å². The quantitative estimate of drug-likeness (QED) is 0.611. The van der Waals surface area contributed by atoms with Crippen LogP contribution in [-0.4, -0.2) is 41.9 Å². The van der Waals surface area contributed by atoms with Crippen molar-refractivity contribution in [3.05, 3.63) is 65.2 Å². The van der Waals surface area contributed by atoms with Crippen LogP contribution in [0.3, 0.4) is 0 Å². The normalized spacial score (nSPS) is 15.4. The summed E-state index contributed by atoms with van der Waals surface area (Å²) in [6, 6.07) is 16.4. The smallest absolute Gasteiger partial charge is 0.254 e. The van der Waals surface area contributed by atoms with Crippen LogP contribution in [0.2, 0.25) is 0 Å². The molecule has 0 aliphatic heterocycles. The molecule has 0 bridgehead atoms. The van der Waals surface area contributed by atoms with Crippen LogP contribution < -0.4 is 10.2 Å². The minimum atomic E-state index is -0.00605. The average molecular weight is 420 g/mol. The predicted octanol–water partition coefficient (Wildman–Crippen LogP) is 4.62. The van der Waals surface area contributed by atoms with Gasteiger partial charge in [-0.1, -0.05) is 19.1 Å². The van der Waals surface area contributed by atoms with Gasteiger partial charge in [0, 0.05) is 48.5 Å². The highest BCUT2D eigenvalue weighted by Gasteiger charge is 2.33. The van der Waals surface area contributed by atoms with Crippen LogP contribution in [0.25, 0.3) is 0 Å². The molecule has 1 N–H and O–H groups in total. The molecule has 164 valence electrons. The summed E-state index contributed by atoms with van der Waals surface area (Å²) in [6.07, 6.45) is 5.39. The molecule has 0 heterocycles. The lowest BCUT2D eigenvalue weighted by molar-refractivity contribution is 0.0729. The summed E-state index contributed by atoms with van der Waals surface area (Å²) in [6.45, 7) is 6.90. The summed E-state index contributed by atoms with van der Waals surface area (Å²) < 4.78 is 0. The number of amides is 2. The number of rotatable bonds is 10. The van der Waals surface area contributed by atoms with Crippen molar-refractivity contribution in [2.75, 3.05) is 18.0 Å². The van der Waals surface area contributed by atoms with Crippen molar-refractivity contribution >= 4 is 17.5 Å². The monoisotopic (exact) mass is 419 g/mol. The average Bonchev–Trinajstić information content (AvgIpc) is 3.71. The van der Waals surface area contributed by atoms with E-state index in [9.17, 15) is 9.59 Å². The maximum atomic E-state index is 13.3. The van der Waals surface area contributed by atoms with Crippen LogP contribution in [0.5, 0.6) is 0 Å². The summed E-state index contributed by atoms with van der Waals surface area (Å²) in [7, 11) is 0. The lowest BCUT2D eigenvalue weighted by Crippen LogP contribution is -2.32. The van der Waals surface area contributed by atoms with Crippen molar-refractivity contribution in [2.24, 2.45) is 0 Å². The van der Waals surface area contributed by atoms with Crippen LogP contribution in [0.1, 0.15) is 72.2 Å². The van der Waals surface area contributed by atoms with Gasteiger partial charge < -0.3 is 15.1 Å². The molecule has 0 radical (unpaired) electrons. The van der Waals surface area contributed by atoms with Gasteiger partial charge in [-0.15, -0.1) is 0 Å². The lowest BCUT2D eigenvalue weighted by Gasteiger charge is -2.25. The Morgan fingerprint density at radius 1 is 0.903 bits per heavy atom. The highest BCUT2D eigenvalue weighted by atomic mass is 16.2. The minimum Gasteiger partial charge on any atom is -0.372 e. The van der Waals surface area contributed by atoms with Crippen molar-refractivity contribution in [1.82, 2.24) is 10.2 Å². The second kappa shape index (κ2) is 9.54. The molecule has 2 aromatic rings. The van der Waals surface area contributed by atoms with Gasteiger partial charge in [-0.2, -0.15) is 0 Å². The molecular weight excluding hydrogens is 386 g/mol. The van der Waals surface area contributed by atoms with Crippen molar-refractivity contribution in [3.63, 3.8) is 0 Å². The second-order valence-electron chi connectivity index (χ2n) is 8.74. The predicted molar refractivity (Wildman–Crippen MR) is 124 cm³/mol. The number of carbonyl (C=O) groups excluding carboxylic acids is 2. The molecule has 31 heavy (non-hydrogen) atoms. The van der Waals surface area contributed by atoms with Gasteiger partial charge in [-0.25, -0.2) is 0 Å². The summed E-state index contributed by atoms with van der Waals surface area (Å²) in [5, 5.41) is 3.02. The van der Waals surface area contributed by atoms with Gasteiger partial charge in [0.15, 0.2) is 0 Å². The first kappa shape index (κ1) is 21.4. The zero-order valence-corrected chi connectivity index (χ0v) is 18.6. The molecule has 5 nitrogen and oxygen atoms in total. The molecule has 2 saturated carbocycles. The fourth-order valence-corrected chi connectivity index (χ4v) is 3.93. The molecule has 2 aliphatic rings. The number of hydrogen-bond donors (Lipinski definition) is 1. The van der Waals surface area contributed by atoms with Crippen LogP contribution in [0.15, 0.2) is 48.5 Å². The van der Waals surface area contributed by atoms with E-state index in [-0.39, 0.29) is 11.8 Å². The van der Waals surface area contributed by atoms with E-state index in [1.54, 1.807) is 0 Å². The zero-order valence-electron chi connectivity index (χ0n) is 18.6. The third kappa shape index (κ3) is 5.46. The van der Waals surface area contributed by atoms with Crippen LogP contribution in [0, 0.1) is 0 Å². The molecule has 0 atom stereocenters. The van der Waals surface area contributed by atoms with E-state index in [0.717, 1.165) is 56.3 Å². The van der Waals surface area contributed by atoms with Crippen LogP contribution >= 0.6 is 0 Å². The number of anilines is 1. The highest BCUT2D eigenvalue weighted by molar-refractivity contribution is 5.95. The van der Waals surface area contributed by atoms with E-state index >= 15 is 0 Å². The van der Waals surface area contributed by atoms with Gasteiger partial charge in [-0.3, -0.25) is 9.59 Å². The van der Waals surface area contributed by atoms with Crippen LogP contribution in [0.4, 0.5) is 5.69 Å². The first-order valence-corrected chi connectivity index (χ1v) is 11.6. The number of hydrogen-bond acceptors (Lipinski definition) is 3. The van der Waals surface area contributed by atoms with Gasteiger partial charge in [0.1, 0.15) is 0 Å². The SMILES string of the molecule is CCCN(CC)c1ccc(C(=O)N(Cc2ccc(C(=O)NC3CC3)cc2)C2CC2)cc1. The summed E-state index contributed by atoms with van der Waals surface area (Å²) >= 11 is 0. The summed E-state index contributed by atoms with van der Waals surface area (Å²) in [4.78, 5) is 29.8. The van der Waals surface area contributed by atoms with Crippen LogP contribution in [-0.2, 0) is 6.54 Å². The molecule has 0 aromatic heterocycles. The standard InChI is InChI=1S/C26H33N3O2/c1-3-17-28(4-2)23-13-9-21(10-14-23)26(31)29(24-15-16-24)18-19-5-7-20(8-6-19)25(30)27-22-11-12-22/h5-10,13-14,22,24H,3-4,11-12,15-18H2,1-2H3,(H,27,30). The summed E-state index contributed by atoms with van der Waals surface area (Å²) in [5.41, 5.74) is 3.64. The van der Waals surface area contributed by atoms with Crippen molar-refractivity contribution in [2.45, 2.75) is 64.6 Å². The highest BCUT2D eigenvalue weighted by Crippen LogP contribution is 2.30. The number of carbonyl (C=O) groups is 2. The Hall–Kier alpha value is -2.82. The van der Waals surface area contributed by atoms with Crippen molar-refractivity contribution in [3.8, 4) is 0 Å². The Labute approximate surface area is 185 Å². The van der Waals surface area contributed by atoms with E-state index in [1.807, 2.05) is 41.3 Å². The largest absolute Gasteiger partial charge is 0.372 e. The molecule has 2 fully saturated rings. The first-order chi connectivity index (χ1) is 15.1. The Morgan fingerprint density at radius 3 is 2.10 bits per heavy atom. The molecule has 2 amide bonds. The Kier molecular flexibility index (Phi) is 6.59. The lowest BCUT2D eigenvalue weighted by atomic mass is 10.1. The minimum absolute atomic E-state index is 0.00605. The molecule has 0 unspecified atom stereocenters. The fourth-order valence-electron chi connectivity index (χ4n) is 3.93. The summed E-state index contributed by atoms with van der Waals surface area (Å²) in [5.74, 6) is 0.0802. The van der Waals surface area contributed by atoms with Gasteiger partial charge in [0.2, 0.25) is 0 Å². The maximum Gasteiger partial charge on any atom is 0.254 e. The topological polar surface area (TPSA) is 52.7 Å². The Bertz CT molecular complexity index is 899.